The second kappa shape index (κ2) is 6.88. The van der Waals surface area contributed by atoms with E-state index in [1.165, 1.54) is 0 Å². The van der Waals surface area contributed by atoms with E-state index in [4.69, 9.17) is 10.9 Å². The highest BCUT2D eigenvalue weighted by molar-refractivity contribution is 7.84. The molecule has 1 amide bonds. The van der Waals surface area contributed by atoms with Gasteiger partial charge < -0.3 is 16.3 Å². The van der Waals surface area contributed by atoms with Crippen LogP contribution in [0.5, 0.6) is 0 Å². The van der Waals surface area contributed by atoms with Gasteiger partial charge in [0.2, 0.25) is 5.91 Å². The quantitative estimate of drug-likeness (QED) is 0.288. The van der Waals surface area contributed by atoms with Crippen molar-refractivity contribution in [1.82, 2.24) is 5.32 Å². The fraction of sp³-hybridized carbons (Fsp3) is 0.833. The zero-order valence-electron chi connectivity index (χ0n) is 11.5. The minimum atomic E-state index is -0.867. The third kappa shape index (κ3) is 3.92. The Morgan fingerprint density at radius 1 is 1.53 bits per heavy atom. The van der Waals surface area contributed by atoms with Gasteiger partial charge in [0.15, 0.2) is 5.84 Å². The molecule has 2 unspecified atom stereocenters. The largest absolute Gasteiger partial charge is 0.409 e. The van der Waals surface area contributed by atoms with Crippen molar-refractivity contribution in [2.24, 2.45) is 16.3 Å². The van der Waals surface area contributed by atoms with Crippen molar-refractivity contribution in [3.05, 3.63) is 0 Å². The molecule has 0 aromatic rings. The van der Waals surface area contributed by atoms with Gasteiger partial charge in [-0.25, -0.2) is 0 Å². The SMILES string of the molecule is CC(CCS(C)=O)NC(=O)C1(C(N)=NO)CCCC1. The lowest BCUT2D eigenvalue weighted by molar-refractivity contribution is -0.128. The van der Waals surface area contributed by atoms with Gasteiger partial charge in [0.25, 0.3) is 0 Å². The topological polar surface area (TPSA) is 105 Å². The lowest BCUT2D eigenvalue weighted by Gasteiger charge is -2.28. The molecule has 110 valence electrons. The van der Waals surface area contributed by atoms with Crippen LogP contribution in [0.1, 0.15) is 39.0 Å². The van der Waals surface area contributed by atoms with Crippen LogP contribution >= 0.6 is 0 Å². The molecule has 4 N–H and O–H groups in total. The zero-order chi connectivity index (χ0) is 14.5. The molecule has 0 spiro atoms. The van der Waals surface area contributed by atoms with Crippen LogP contribution in [0, 0.1) is 5.41 Å². The van der Waals surface area contributed by atoms with Crippen molar-refractivity contribution in [3.8, 4) is 0 Å². The molecule has 6 nitrogen and oxygen atoms in total. The Kier molecular flexibility index (Phi) is 5.78. The average Bonchev–Trinajstić information content (AvgIpc) is 2.86. The molecule has 1 aliphatic carbocycles. The minimum Gasteiger partial charge on any atom is -0.409 e. The van der Waals surface area contributed by atoms with Crippen molar-refractivity contribution in [1.29, 1.82) is 0 Å². The van der Waals surface area contributed by atoms with Gasteiger partial charge in [-0.05, 0) is 26.2 Å². The van der Waals surface area contributed by atoms with Gasteiger partial charge in [-0.1, -0.05) is 18.0 Å². The van der Waals surface area contributed by atoms with E-state index < -0.39 is 16.2 Å². The first-order valence-corrected chi connectivity index (χ1v) is 8.24. The molecule has 0 heterocycles. The number of nitrogens with zero attached hydrogens (tertiary/aromatic N) is 1. The Morgan fingerprint density at radius 2 is 2.11 bits per heavy atom. The molecule has 0 bridgehead atoms. The van der Waals surface area contributed by atoms with Crippen LogP contribution in [0.25, 0.3) is 0 Å². The first kappa shape index (κ1) is 15.9. The second-order valence-corrected chi connectivity index (χ2v) is 6.77. The molecule has 19 heavy (non-hydrogen) atoms. The van der Waals surface area contributed by atoms with Crippen molar-refractivity contribution in [2.45, 2.75) is 45.1 Å². The first-order valence-electron chi connectivity index (χ1n) is 6.51. The Hall–Kier alpha value is -1.11. The maximum Gasteiger partial charge on any atom is 0.234 e. The van der Waals surface area contributed by atoms with Crippen LogP contribution in [0.15, 0.2) is 5.16 Å². The molecular formula is C12H23N3O3S. The van der Waals surface area contributed by atoms with E-state index in [-0.39, 0.29) is 17.8 Å². The molecule has 0 saturated heterocycles. The minimum absolute atomic E-state index is 0.00577. The van der Waals surface area contributed by atoms with Gasteiger partial charge in [-0.2, -0.15) is 0 Å². The van der Waals surface area contributed by atoms with Crippen LogP contribution in [-0.2, 0) is 15.6 Å². The molecular weight excluding hydrogens is 266 g/mol. The van der Waals surface area contributed by atoms with Crippen molar-refractivity contribution < 1.29 is 14.2 Å². The summed E-state index contributed by atoms with van der Waals surface area (Å²) >= 11 is 0. The smallest absolute Gasteiger partial charge is 0.234 e. The third-order valence-electron chi connectivity index (χ3n) is 3.71. The predicted octanol–water partition coefficient (Wildman–Crippen LogP) is 0.567. The molecule has 0 aromatic carbocycles. The van der Waals surface area contributed by atoms with Crippen LogP contribution in [0.4, 0.5) is 0 Å². The molecule has 0 radical (unpaired) electrons. The number of oxime groups is 1. The molecule has 1 saturated carbocycles. The lowest BCUT2D eigenvalue weighted by atomic mass is 9.83. The highest BCUT2D eigenvalue weighted by Gasteiger charge is 2.45. The Bertz CT molecular complexity index is 378. The summed E-state index contributed by atoms with van der Waals surface area (Å²) in [6, 6.07) is -0.0691. The summed E-state index contributed by atoms with van der Waals surface area (Å²) in [4.78, 5) is 12.4. The predicted molar refractivity (Wildman–Crippen MR) is 75.5 cm³/mol. The van der Waals surface area contributed by atoms with Crippen molar-refractivity contribution in [2.75, 3.05) is 12.0 Å². The fourth-order valence-corrected chi connectivity index (χ4v) is 3.14. The van der Waals surface area contributed by atoms with Gasteiger partial charge in [0.05, 0.1) is 0 Å². The van der Waals surface area contributed by atoms with Crippen LogP contribution in [0.2, 0.25) is 0 Å². The highest BCUT2D eigenvalue weighted by atomic mass is 32.2. The van der Waals surface area contributed by atoms with E-state index in [2.05, 4.69) is 10.5 Å². The normalized spacial score (nSPS) is 21.9. The van der Waals surface area contributed by atoms with E-state index >= 15 is 0 Å². The highest BCUT2D eigenvalue weighted by Crippen LogP contribution is 2.38. The number of rotatable bonds is 6. The Morgan fingerprint density at radius 3 is 2.58 bits per heavy atom. The maximum atomic E-state index is 12.4. The summed E-state index contributed by atoms with van der Waals surface area (Å²) in [6.45, 7) is 1.87. The summed E-state index contributed by atoms with van der Waals surface area (Å²) < 4.78 is 11.0. The van der Waals surface area contributed by atoms with Crippen molar-refractivity contribution in [3.63, 3.8) is 0 Å². The number of carbonyl (C=O) groups excluding carboxylic acids is 1. The molecule has 1 aliphatic rings. The summed E-state index contributed by atoms with van der Waals surface area (Å²) in [5.41, 5.74) is 4.84. The molecule has 0 aromatic heterocycles. The average molecular weight is 289 g/mol. The first-order chi connectivity index (χ1) is 8.92. The van der Waals surface area contributed by atoms with Gasteiger partial charge in [0, 0.05) is 28.9 Å². The number of hydrogen-bond donors (Lipinski definition) is 3. The van der Waals surface area contributed by atoms with Crippen LogP contribution in [0.3, 0.4) is 0 Å². The fourth-order valence-electron chi connectivity index (χ4n) is 2.45. The number of amides is 1. The monoisotopic (exact) mass is 289 g/mol. The van der Waals surface area contributed by atoms with Crippen molar-refractivity contribution >= 4 is 22.5 Å². The van der Waals surface area contributed by atoms with E-state index in [0.717, 1.165) is 12.8 Å². The lowest BCUT2D eigenvalue weighted by Crippen LogP contribution is -2.50. The van der Waals surface area contributed by atoms with E-state index in [0.29, 0.717) is 25.0 Å². The molecule has 1 rings (SSSR count). The number of nitrogens with one attached hydrogen (secondary N) is 1. The summed E-state index contributed by atoms with van der Waals surface area (Å²) in [7, 11) is -0.863. The van der Waals surface area contributed by atoms with Gasteiger partial charge in [-0.15, -0.1) is 0 Å². The Balaban J connectivity index is 2.66. The number of nitrogens with two attached hydrogens (primary N) is 1. The molecule has 0 aliphatic heterocycles. The Labute approximate surface area is 116 Å². The molecule has 7 heteroatoms. The van der Waals surface area contributed by atoms with Crippen LogP contribution in [-0.4, -0.2) is 39.2 Å². The maximum absolute atomic E-state index is 12.4. The number of amidine groups is 1. The second-order valence-electron chi connectivity index (χ2n) is 5.21. The zero-order valence-corrected chi connectivity index (χ0v) is 12.3. The summed E-state index contributed by atoms with van der Waals surface area (Å²) in [5, 5.41) is 14.8. The number of carbonyl (C=O) groups is 1. The van der Waals surface area contributed by atoms with Gasteiger partial charge in [0.1, 0.15) is 5.41 Å². The summed E-state index contributed by atoms with van der Waals surface area (Å²) in [5.74, 6) is 0.362. The van der Waals surface area contributed by atoms with E-state index in [1.54, 1.807) is 6.26 Å². The van der Waals surface area contributed by atoms with Crippen LogP contribution < -0.4 is 11.1 Å². The van der Waals surface area contributed by atoms with E-state index in [9.17, 15) is 9.00 Å². The third-order valence-corrected chi connectivity index (χ3v) is 4.52. The van der Waals surface area contributed by atoms with Gasteiger partial charge >= 0.3 is 0 Å². The number of hydrogen-bond acceptors (Lipinski definition) is 4. The standard InChI is InChI=1S/C12H23N3O3S/c1-9(5-8-19(2)18)14-11(16)12(10(13)15-17)6-3-4-7-12/h9,17H,3-8H2,1-2H3,(H2,13,15)(H,14,16). The molecule has 1 fully saturated rings. The van der Waals surface area contributed by atoms with E-state index in [1.807, 2.05) is 6.92 Å². The summed E-state index contributed by atoms with van der Waals surface area (Å²) in [6.07, 6.45) is 5.32. The van der Waals surface area contributed by atoms with Gasteiger partial charge in [-0.3, -0.25) is 9.00 Å². The molecule has 2 atom stereocenters.